The summed E-state index contributed by atoms with van der Waals surface area (Å²) in [5.41, 5.74) is 0.656. The van der Waals surface area contributed by atoms with Crippen molar-refractivity contribution in [3.8, 4) is 5.75 Å². The van der Waals surface area contributed by atoms with Gasteiger partial charge in [-0.25, -0.2) is 0 Å². The average Bonchev–Trinajstić information content (AvgIpc) is 3.70. The van der Waals surface area contributed by atoms with E-state index in [0.29, 0.717) is 78.6 Å². The molecule has 2 bridgehead atoms. The zero-order valence-corrected chi connectivity index (χ0v) is 31.5. The third-order valence-electron chi connectivity index (χ3n) is 11.6. The number of aromatic amines is 1. The molecule has 2 atom stereocenters. The predicted octanol–water partition coefficient (Wildman–Crippen LogP) is 4.28. The summed E-state index contributed by atoms with van der Waals surface area (Å²) in [6.07, 6.45) is 2.77. The number of nitrogens with zero attached hydrogens (tertiary/aromatic N) is 3. The Balaban J connectivity index is 0.913. The zero-order chi connectivity index (χ0) is 37.8. The minimum Gasteiger partial charge on any atom is -0.506 e. The number of esters is 1. The number of aliphatic hydroxyl groups is 1. The Morgan fingerprint density at radius 2 is 1.74 bits per heavy atom. The number of pyridine rings is 1. The molecule has 4 fully saturated rings. The number of benzene rings is 2. The van der Waals surface area contributed by atoms with E-state index in [1.807, 2.05) is 37.3 Å². The van der Waals surface area contributed by atoms with E-state index in [9.17, 15) is 29.4 Å². The molecular weight excluding hydrogens is 707 g/mol. The van der Waals surface area contributed by atoms with Crippen molar-refractivity contribution >= 4 is 40.0 Å². The van der Waals surface area contributed by atoms with E-state index in [1.165, 1.54) is 23.5 Å². The van der Waals surface area contributed by atoms with E-state index >= 15 is 0 Å². The number of thiophene rings is 1. The van der Waals surface area contributed by atoms with Crippen molar-refractivity contribution in [3.05, 3.63) is 98.0 Å². The minimum atomic E-state index is -0.872. The molecule has 4 aliphatic heterocycles. The summed E-state index contributed by atoms with van der Waals surface area (Å²) < 4.78 is 6.30. The lowest BCUT2D eigenvalue weighted by Crippen LogP contribution is -2.55. The third kappa shape index (κ3) is 7.81. The fraction of sp³-hybridized carbons (Fsp3) is 0.463. The summed E-state index contributed by atoms with van der Waals surface area (Å²) in [5, 5.41) is 24.8. The highest BCUT2D eigenvalue weighted by Crippen LogP contribution is 2.40. The first-order valence-electron chi connectivity index (χ1n) is 19.1. The second kappa shape index (κ2) is 16.4. The Hall–Kier alpha value is -4.56. The number of aliphatic hydroxyl groups excluding tert-OH is 1. The maximum Gasteiger partial charge on any atom is 0.317 e. The number of phenolic OH excluding ortho intramolecular Hbond substituents is 1. The summed E-state index contributed by atoms with van der Waals surface area (Å²) in [6.45, 7) is 7.49. The fourth-order valence-electron chi connectivity index (χ4n) is 8.33. The van der Waals surface area contributed by atoms with E-state index < -0.39 is 11.5 Å². The van der Waals surface area contributed by atoms with E-state index in [0.717, 1.165) is 38.0 Å². The first-order valence-corrected chi connectivity index (χ1v) is 19.9. The maximum atomic E-state index is 14.0. The number of amides is 2. The first kappa shape index (κ1) is 37.7. The zero-order valence-electron chi connectivity index (χ0n) is 30.7. The SMILES string of the molecule is CCN(CCCNC[C@H](O)c1ccc(O)c2[nH]c(=O)ccc12)C(=O)c1ccc(C(=O)N2CCC(C(=O)O[C@H]3CN4CCC3CC4)(c3ccccc3)CC2)s1. The van der Waals surface area contributed by atoms with Gasteiger partial charge in [0.15, 0.2) is 0 Å². The lowest BCUT2D eigenvalue weighted by atomic mass is 9.72. The molecule has 0 radical (unpaired) electrons. The van der Waals surface area contributed by atoms with Gasteiger partial charge in [0.2, 0.25) is 5.56 Å². The summed E-state index contributed by atoms with van der Waals surface area (Å²) in [7, 11) is 0. The van der Waals surface area contributed by atoms with Gasteiger partial charge >= 0.3 is 5.97 Å². The van der Waals surface area contributed by atoms with Gasteiger partial charge in [0.1, 0.15) is 11.9 Å². The second-order valence-corrected chi connectivity index (χ2v) is 15.8. The van der Waals surface area contributed by atoms with Crippen LogP contribution in [0.2, 0.25) is 0 Å². The number of hydrogen-bond acceptors (Lipinski definition) is 10. The number of hydrogen-bond donors (Lipinski definition) is 4. The van der Waals surface area contributed by atoms with Crippen molar-refractivity contribution in [2.24, 2.45) is 5.92 Å². The molecule has 4 saturated heterocycles. The standard InChI is InChI=1S/C41H49N5O7S/c1-2-45(20-6-19-42-25-32(48)29-9-11-31(47)37-30(29)10-14-36(49)43-37)38(50)34-12-13-35(54-34)39(51)46-23-17-41(18-24-46,28-7-4-3-5-8-28)40(52)53-33-26-44-21-15-27(33)16-22-44/h3-5,7-14,27,32-33,42,47-48H,2,6,15-26H2,1H3,(H,43,49)/t32-,33-/m0/s1. The van der Waals surface area contributed by atoms with Crippen LogP contribution in [0.5, 0.6) is 5.75 Å². The van der Waals surface area contributed by atoms with Crippen LogP contribution in [0.25, 0.3) is 10.9 Å². The van der Waals surface area contributed by atoms with Crippen LogP contribution in [0.4, 0.5) is 0 Å². The van der Waals surface area contributed by atoms with Crippen molar-refractivity contribution in [2.45, 2.75) is 56.7 Å². The molecule has 13 heteroatoms. The maximum absolute atomic E-state index is 14.0. The number of carbonyl (C=O) groups is 3. The number of nitrogens with one attached hydrogen (secondary N) is 2. The molecule has 6 heterocycles. The molecule has 12 nitrogen and oxygen atoms in total. The topological polar surface area (TPSA) is 156 Å². The van der Waals surface area contributed by atoms with Crippen LogP contribution in [0.3, 0.4) is 0 Å². The molecule has 2 aromatic carbocycles. The molecule has 4 N–H and O–H groups in total. The lowest BCUT2D eigenvalue weighted by molar-refractivity contribution is -0.167. The molecule has 2 aromatic heterocycles. The molecule has 4 aliphatic rings. The van der Waals surface area contributed by atoms with Crippen LogP contribution in [0, 0.1) is 5.92 Å². The van der Waals surface area contributed by atoms with Gasteiger partial charge in [-0.1, -0.05) is 36.4 Å². The summed E-state index contributed by atoms with van der Waals surface area (Å²) >= 11 is 1.20. The fourth-order valence-corrected chi connectivity index (χ4v) is 9.27. The molecule has 286 valence electrons. The number of likely N-dealkylation sites (tertiary alicyclic amines) is 1. The molecule has 54 heavy (non-hydrogen) atoms. The molecular formula is C41H49N5O7S. The first-order chi connectivity index (χ1) is 26.2. The van der Waals surface area contributed by atoms with Crippen LogP contribution in [0.15, 0.2) is 71.5 Å². The minimum absolute atomic E-state index is 0.0620. The number of aromatic nitrogens is 1. The molecule has 0 unspecified atom stereocenters. The molecule has 0 saturated carbocycles. The van der Waals surface area contributed by atoms with Crippen molar-refractivity contribution in [3.63, 3.8) is 0 Å². The highest BCUT2D eigenvalue weighted by Gasteiger charge is 2.47. The monoisotopic (exact) mass is 755 g/mol. The normalized spacial score (nSPS) is 21.1. The second-order valence-electron chi connectivity index (χ2n) is 14.7. The largest absolute Gasteiger partial charge is 0.506 e. The van der Waals surface area contributed by atoms with Crippen LogP contribution in [-0.4, -0.2) is 113 Å². The predicted molar refractivity (Wildman–Crippen MR) is 207 cm³/mol. The highest BCUT2D eigenvalue weighted by atomic mass is 32.1. The van der Waals surface area contributed by atoms with Crippen molar-refractivity contribution in [1.29, 1.82) is 0 Å². The smallest absolute Gasteiger partial charge is 0.317 e. The van der Waals surface area contributed by atoms with E-state index in [4.69, 9.17) is 4.74 Å². The van der Waals surface area contributed by atoms with Crippen molar-refractivity contribution < 1.29 is 29.3 Å². The third-order valence-corrected chi connectivity index (χ3v) is 12.6. The number of fused-ring (bicyclic) bond motifs is 4. The van der Waals surface area contributed by atoms with Crippen molar-refractivity contribution in [2.75, 3.05) is 58.9 Å². The number of aromatic hydroxyl groups is 1. The van der Waals surface area contributed by atoms with Gasteiger partial charge in [-0.15, -0.1) is 11.3 Å². The van der Waals surface area contributed by atoms with Gasteiger partial charge in [-0.2, -0.15) is 0 Å². The van der Waals surface area contributed by atoms with Gasteiger partial charge in [0.05, 0.1) is 26.8 Å². The summed E-state index contributed by atoms with van der Waals surface area (Å²) in [6, 6.07) is 19.3. The Morgan fingerprint density at radius 3 is 2.44 bits per heavy atom. The molecule has 4 aromatic rings. The Bertz CT molecular complexity index is 2020. The van der Waals surface area contributed by atoms with Gasteiger partial charge < -0.3 is 35.1 Å². The lowest BCUT2D eigenvalue weighted by Gasteiger charge is -2.46. The van der Waals surface area contributed by atoms with E-state index in [2.05, 4.69) is 15.2 Å². The quantitative estimate of drug-likeness (QED) is 0.116. The Labute approximate surface area is 318 Å². The van der Waals surface area contributed by atoms with Gasteiger partial charge in [0.25, 0.3) is 11.8 Å². The molecule has 8 rings (SSSR count). The Morgan fingerprint density at radius 1 is 1.00 bits per heavy atom. The molecule has 0 aliphatic carbocycles. The van der Waals surface area contributed by atoms with E-state index in [1.54, 1.807) is 34.1 Å². The summed E-state index contributed by atoms with van der Waals surface area (Å²) in [4.78, 5) is 62.5. The van der Waals surface area contributed by atoms with Crippen LogP contribution in [0.1, 0.15) is 75.6 Å². The molecule has 0 spiro atoms. The number of H-pyrrole nitrogens is 1. The number of phenols is 1. The molecule has 2 amide bonds. The van der Waals surface area contributed by atoms with Crippen LogP contribution in [-0.2, 0) is 14.9 Å². The van der Waals surface area contributed by atoms with Gasteiger partial charge in [-0.3, -0.25) is 24.1 Å². The number of carbonyl (C=O) groups excluding carboxylic acids is 3. The summed E-state index contributed by atoms with van der Waals surface area (Å²) in [5.74, 6) is -0.0985. The van der Waals surface area contributed by atoms with Crippen LogP contribution >= 0.6 is 11.3 Å². The van der Waals surface area contributed by atoms with Crippen LogP contribution < -0.4 is 10.9 Å². The average molecular weight is 756 g/mol. The number of piperidine rings is 4. The van der Waals surface area contributed by atoms with E-state index in [-0.39, 0.29) is 47.3 Å². The van der Waals surface area contributed by atoms with Gasteiger partial charge in [0, 0.05) is 50.7 Å². The number of ether oxygens (including phenoxy) is 1. The van der Waals surface area contributed by atoms with Crippen molar-refractivity contribution in [1.82, 2.24) is 25.0 Å². The Kier molecular flexibility index (Phi) is 11.5. The highest BCUT2D eigenvalue weighted by molar-refractivity contribution is 7.15. The number of rotatable bonds is 13. The van der Waals surface area contributed by atoms with Gasteiger partial charge in [-0.05, 0) is 100.0 Å².